The van der Waals surface area contributed by atoms with E-state index in [1.54, 1.807) is 6.20 Å². The largest absolute Gasteiger partial charge is 0.351 e. The summed E-state index contributed by atoms with van der Waals surface area (Å²) in [5.74, 6) is 1.17. The number of hydrogen-bond donors (Lipinski definition) is 2. The summed E-state index contributed by atoms with van der Waals surface area (Å²) in [6, 6.07) is 6.35. The summed E-state index contributed by atoms with van der Waals surface area (Å²) in [6.45, 7) is 6.10. The predicted octanol–water partition coefficient (Wildman–Crippen LogP) is 3.51. The van der Waals surface area contributed by atoms with Gasteiger partial charge < -0.3 is 10.6 Å². The lowest BCUT2D eigenvalue weighted by Crippen LogP contribution is -2.13. The van der Waals surface area contributed by atoms with Gasteiger partial charge in [-0.15, -0.1) is 5.10 Å². The van der Waals surface area contributed by atoms with Crippen LogP contribution in [0.3, 0.4) is 0 Å². The van der Waals surface area contributed by atoms with Crippen molar-refractivity contribution in [3.8, 4) is 0 Å². The maximum atomic E-state index is 4.36. The molecule has 0 aliphatic heterocycles. The SMILES string of the molecule is Cc1ccc(Nc2cnnc(NC(C)C)n2)c(Br)c1. The Hall–Kier alpha value is -1.69. The zero-order valence-corrected chi connectivity index (χ0v) is 12.7. The molecule has 2 N–H and O–H groups in total. The summed E-state index contributed by atoms with van der Waals surface area (Å²) >= 11 is 3.52. The molecule has 1 aromatic carbocycles. The number of hydrogen-bond acceptors (Lipinski definition) is 5. The third-order valence-corrected chi connectivity index (χ3v) is 3.02. The van der Waals surface area contributed by atoms with Gasteiger partial charge in [-0.2, -0.15) is 10.1 Å². The fourth-order valence-electron chi connectivity index (χ4n) is 1.54. The van der Waals surface area contributed by atoms with Gasteiger partial charge in [0.05, 0.1) is 11.9 Å². The van der Waals surface area contributed by atoms with E-state index in [2.05, 4.69) is 41.7 Å². The van der Waals surface area contributed by atoms with Crippen LogP contribution >= 0.6 is 15.9 Å². The van der Waals surface area contributed by atoms with Gasteiger partial charge in [-0.05, 0) is 54.4 Å². The molecule has 0 spiro atoms. The van der Waals surface area contributed by atoms with Crippen molar-refractivity contribution in [3.63, 3.8) is 0 Å². The Kier molecular flexibility index (Phi) is 4.31. The van der Waals surface area contributed by atoms with Crippen LogP contribution in [0.2, 0.25) is 0 Å². The highest BCUT2D eigenvalue weighted by atomic mass is 79.9. The fourth-order valence-corrected chi connectivity index (χ4v) is 2.13. The molecule has 0 aliphatic rings. The Morgan fingerprint density at radius 2 is 2.05 bits per heavy atom. The topological polar surface area (TPSA) is 62.7 Å². The molecule has 2 aromatic rings. The summed E-state index contributed by atoms with van der Waals surface area (Å²) in [6.07, 6.45) is 1.60. The molecular formula is C13H16BrN5. The van der Waals surface area contributed by atoms with Gasteiger partial charge >= 0.3 is 0 Å². The summed E-state index contributed by atoms with van der Waals surface area (Å²) in [4.78, 5) is 4.36. The minimum atomic E-state index is 0.267. The molecule has 0 aliphatic carbocycles. The minimum absolute atomic E-state index is 0.267. The average molecular weight is 322 g/mol. The highest BCUT2D eigenvalue weighted by Crippen LogP contribution is 2.25. The number of nitrogens with one attached hydrogen (secondary N) is 2. The zero-order chi connectivity index (χ0) is 13.8. The standard InChI is InChI=1S/C13H16BrN5/c1-8(2)16-13-18-12(7-15-19-13)17-11-5-4-9(3)6-10(11)14/h4-8H,1-3H3,(H2,16,17,18,19). The number of aromatic nitrogens is 3. The number of aryl methyl sites for hydroxylation is 1. The van der Waals surface area contributed by atoms with Crippen molar-refractivity contribution in [3.05, 3.63) is 34.4 Å². The van der Waals surface area contributed by atoms with Gasteiger partial charge in [0.15, 0.2) is 5.82 Å². The molecule has 1 heterocycles. The van der Waals surface area contributed by atoms with E-state index in [0.29, 0.717) is 11.8 Å². The average Bonchev–Trinajstić information content (AvgIpc) is 2.32. The molecule has 2 rings (SSSR count). The molecule has 0 saturated carbocycles. The molecule has 1 aromatic heterocycles. The van der Waals surface area contributed by atoms with Crippen LogP contribution in [0.4, 0.5) is 17.5 Å². The zero-order valence-electron chi connectivity index (χ0n) is 11.1. The van der Waals surface area contributed by atoms with Gasteiger partial charge in [0.2, 0.25) is 5.95 Å². The monoisotopic (exact) mass is 321 g/mol. The van der Waals surface area contributed by atoms with Crippen LogP contribution in [0.5, 0.6) is 0 Å². The van der Waals surface area contributed by atoms with E-state index < -0.39 is 0 Å². The third kappa shape index (κ3) is 3.89. The second-order valence-electron chi connectivity index (χ2n) is 4.57. The van der Waals surface area contributed by atoms with Gasteiger partial charge in [0.1, 0.15) is 0 Å². The Balaban J connectivity index is 2.18. The Labute approximate surface area is 121 Å². The van der Waals surface area contributed by atoms with E-state index in [1.807, 2.05) is 39.0 Å². The van der Waals surface area contributed by atoms with E-state index in [-0.39, 0.29) is 6.04 Å². The van der Waals surface area contributed by atoms with Gasteiger partial charge in [-0.25, -0.2) is 0 Å². The molecule has 5 nitrogen and oxygen atoms in total. The second-order valence-corrected chi connectivity index (χ2v) is 5.43. The second kappa shape index (κ2) is 5.97. The summed E-state index contributed by atoms with van der Waals surface area (Å²) in [7, 11) is 0. The number of rotatable bonds is 4. The quantitative estimate of drug-likeness (QED) is 0.902. The molecule has 19 heavy (non-hydrogen) atoms. The molecule has 0 bridgehead atoms. The van der Waals surface area contributed by atoms with Crippen LogP contribution < -0.4 is 10.6 Å². The summed E-state index contributed by atoms with van der Waals surface area (Å²) in [5.41, 5.74) is 2.14. The van der Waals surface area contributed by atoms with Gasteiger partial charge in [-0.1, -0.05) is 6.07 Å². The molecule has 0 radical (unpaired) electrons. The molecule has 6 heteroatoms. The van der Waals surface area contributed by atoms with Crippen molar-refractivity contribution >= 4 is 33.4 Å². The van der Waals surface area contributed by atoms with E-state index in [0.717, 1.165) is 10.2 Å². The van der Waals surface area contributed by atoms with Crippen LogP contribution in [-0.2, 0) is 0 Å². The Morgan fingerprint density at radius 3 is 2.74 bits per heavy atom. The fraction of sp³-hybridized carbons (Fsp3) is 0.308. The van der Waals surface area contributed by atoms with Crippen LogP contribution in [0, 0.1) is 6.92 Å². The number of anilines is 3. The van der Waals surface area contributed by atoms with E-state index >= 15 is 0 Å². The van der Waals surface area contributed by atoms with Crippen molar-refractivity contribution < 1.29 is 0 Å². The van der Waals surface area contributed by atoms with Gasteiger partial charge in [0.25, 0.3) is 0 Å². The van der Waals surface area contributed by atoms with Crippen LogP contribution in [0.1, 0.15) is 19.4 Å². The van der Waals surface area contributed by atoms with Crippen molar-refractivity contribution in [1.82, 2.24) is 15.2 Å². The first-order valence-electron chi connectivity index (χ1n) is 6.04. The van der Waals surface area contributed by atoms with E-state index in [9.17, 15) is 0 Å². The predicted molar refractivity (Wildman–Crippen MR) is 80.7 cm³/mol. The minimum Gasteiger partial charge on any atom is -0.351 e. The molecule has 0 amide bonds. The van der Waals surface area contributed by atoms with Crippen molar-refractivity contribution in [2.45, 2.75) is 26.8 Å². The number of benzene rings is 1. The summed E-state index contributed by atoms with van der Waals surface area (Å²) in [5, 5.41) is 14.2. The van der Waals surface area contributed by atoms with E-state index in [1.165, 1.54) is 5.56 Å². The molecular weight excluding hydrogens is 306 g/mol. The normalized spacial score (nSPS) is 10.6. The van der Waals surface area contributed by atoms with Crippen molar-refractivity contribution in [2.24, 2.45) is 0 Å². The van der Waals surface area contributed by atoms with Gasteiger partial charge in [-0.3, -0.25) is 0 Å². The van der Waals surface area contributed by atoms with E-state index in [4.69, 9.17) is 0 Å². The highest BCUT2D eigenvalue weighted by molar-refractivity contribution is 9.10. The van der Waals surface area contributed by atoms with Crippen molar-refractivity contribution in [1.29, 1.82) is 0 Å². The van der Waals surface area contributed by atoms with Crippen LogP contribution in [0.15, 0.2) is 28.9 Å². The lowest BCUT2D eigenvalue weighted by Gasteiger charge is -2.10. The smallest absolute Gasteiger partial charge is 0.244 e. The van der Waals surface area contributed by atoms with Crippen LogP contribution in [-0.4, -0.2) is 21.2 Å². The Morgan fingerprint density at radius 1 is 1.26 bits per heavy atom. The molecule has 0 atom stereocenters. The highest BCUT2D eigenvalue weighted by Gasteiger charge is 2.04. The first kappa shape index (κ1) is 13.7. The lowest BCUT2D eigenvalue weighted by atomic mass is 10.2. The summed E-state index contributed by atoms with van der Waals surface area (Å²) < 4.78 is 0.990. The number of halogens is 1. The lowest BCUT2D eigenvalue weighted by molar-refractivity contribution is 0.852. The molecule has 0 saturated heterocycles. The third-order valence-electron chi connectivity index (χ3n) is 2.36. The van der Waals surface area contributed by atoms with Crippen molar-refractivity contribution in [2.75, 3.05) is 10.6 Å². The molecule has 0 fully saturated rings. The molecule has 0 unspecified atom stereocenters. The number of nitrogens with zero attached hydrogens (tertiary/aromatic N) is 3. The van der Waals surface area contributed by atoms with Crippen LogP contribution in [0.25, 0.3) is 0 Å². The molecule has 100 valence electrons. The maximum absolute atomic E-state index is 4.36. The van der Waals surface area contributed by atoms with Gasteiger partial charge in [0, 0.05) is 10.5 Å². The Bertz CT molecular complexity index is 571. The maximum Gasteiger partial charge on any atom is 0.244 e. The first-order valence-corrected chi connectivity index (χ1v) is 6.83. The first-order chi connectivity index (χ1) is 9.04.